The number of anilines is 1. The lowest BCUT2D eigenvalue weighted by molar-refractivity contribution is -0.127. The standard InChI is InChI=1S/C29H33N5O6S2/c1-16(2)13-22(34-15-18-7-6-9-20(24(18)29(34)38)33-42(3,39)40)27(37)31-21(14-17-11-12-30-26(17)36)25(35)28-32-19-8-4-5-10-23(19)41-28/h4-10,16-17,21-22,33H,11-15H2,1-3H3,(H,30,36)(H,31,37)/t17-,21-,22?/m0/s1. The van der Waals surface area contributed by atoms with E-state index in [2.05, 4.69) is 20.3 Å². The Morgan fingerprint density at radius 1 is 1.14 bits per heavy atom. The van der Waals surface area contributed by atoms with Gasteiger partial charge >= 0.3 is 0 Å². The fourth-order valence-electron chi connectivity index (χ4n) is 5.52. The predicted molar refractivity (Wildman–Crippen MR) is 160 cm³/mol. The minimum Gasteiger partial charge on any atom is -0.356 e. The van der Waals surface area contributed by atoms with Gasteiger partial charge in [-0.25, -0.2) is 13.4 Å². The zero-order chi connectivity index (χ0) is 30.2. The molecule has 1 aromatic heterocycles. The molecule has 1 saturated heterocycles. The monoisotopic (exact) mass is 611 g/mol. The van der Waals surface area contributed by atoms with Gasteiger partial charge in [-0.05, 0) is 48.9 Å². The summed E-state index contributed by atoms with van der Waals surface area (Å²) in [6.45, 7) is 4.47. The molecular formula is C29H33N5O6S2. The maximum Gasteiger partial charge on any atom is 0.257 e. The summed E-state index contributed by atoms with van der Waals surface area (Å²) >= 11 is 1.23. The third-order valence-electron chi connectivity index (χ3n) is 7.46. The van der Waals surface area contributed by atoms with Gasteiger partial charge in [-0.1, -0.05) is 38.1 Å². The lowest BCUT2D eigenvalue weighted by Gasteiger charge is -2.30. The van der Waals surface area contributed by atoms with Crippen molar-refractivity contribution in [2.24, 2.45) is 11.8 Å². The van der Waals surface area contributed by atoms with E-state index in [4.69, 9.17) is 0 Å². The molecule has 0 bridgehead atoms. The molecule has 0 radical (unpaired) electrons. The number of amides is 3. The van der Waals surface area contributed by atoms with E-state index >= 15 is 0 Å². The van der Waals surface area contributed by atoms with Crippen LogP contribution in [0.25, 0.3) is 10.2 Å². The van der Waals surface area contributed by atoms with E-state index in [0.717, 1.165) is 11.0 Å². The predicted octanol–water partition coefficient (Wildman–Crippen LogP) is 2.93. The molecule has 0 aliphatic carbocycles. The zero-order valence-corrected chi connectivity index (χ0v) is 25.2. The number of thiazole rings is 1. The number of Topliss-reactive ketones (excluding diaryl/α,β-unsaturated/α-hetero) is 1. The number of hydrogen-bond acceptors (Lipinski definition) is 8. The van der Waals surface area contributed by atoms with Crippen LogP contribution in [0.3, 0.4) is 0 Å². The van der Waals surface area contributed by atoms with Crippen molar-refractivity contribution in [2.75, 3.05) is 17.5 Å². The SMILES string of the molecule is CC(C)CC(C(=O)N[C@@H](C[C@@H]1CCNC1=O)C(=O)c1nc2ccccc2s1)N1Cc2cccc(NS(C)(=O)=O)c2C1=O. The topological polar surface area (TPSA) is 155 Å². The Hall–Kier alpha value is -3.84. The lowest BCUT2D eigenvalue weighted by Crippen LogP contribution is -2.52. The number of carbonyl (C=O) groups excluding carboxylic acids is 4. The van der Waals surface area contributed by atoms with Crippen molar-refractivity contribution in [3.8, 4) is 0 Å². The number of carbonyl (C=O) groups is 4. The first-order valence-electron chi connectivity index (χ1n) is 13.8. The van der Waals surface area contributed by atoms with Gasteiger partial charge in [0.15, 0.2) is 5.01 Å². The van der Waals surface area contributed by atoms with Gasteiger partial charge in [-0.3, -0.25) is 23.9 Å². The van der Waals surface area contributed by atoms with Crippen LogP contribution < -0.4 is 15.4 Å². The Kier molecular flexibility index (Phi) is 8.33. The van der Waals surface area contributed by atoms with E-state index in [-0.39, 0.29) is 46.8 Å². The molecule has 222 valence electrons. The summed E-state index contributed by atoms with van der Waals surface area (Å²) in [5.74, 6) is -1.96. The van der Waals surface area contributed by atoms with Gasteiger partial charge in [0.05, 0.1) is 33.8 Å². The Balaban J connectivity index is 1.43. The van der Waals surface area contributed by atoms with Crippen LogP contribution in [0.4, 0.5) is 5.69 Å². The van der Waals surface area contributed by atoms with Crippen molar-refractivity contribution in [1.29, 1.82) is 0 Å². The number of aromatic nitrogens is 1. The third kappa shape index (κ3) is 6.31. The Labute approximate surface area is 248 Å². The van der Waals surface area contributed by atoms with E-state index in [1.54, 1.807) is 12.1 Å². The van der Waals surface area contributed by atoms with Crippen molar-refractivity contribution in [2.45, 2.75) is 51.7 Å². The highest BCUT2D eigenvalue weighted by Crippen LogP contribution is 2.33. The van der Waals surface area contributed by atoms with E-state index in [9.17, 15) is 27.6 Å². The van der Waals surface area contributed by atoms with Crippen LogP contribution in [0.2, 0.25) is 0 Å². The smallest absolute Gasteiger partial charge is 0.257 e. The summed E-state index contributed by atoms with van der Waals surface area (Å²) < 4.78 is 27.1. The number of rotatable bonds is 11. The minimum atomic E-state index is -3.65. The molecular weight excluding hydrogens is 578 g/mol. The molecule has 3 amide bonds. The minimum absolute atomic E-state index is 0.0184. The summed E-state index contributed by atoms with van der Waals surface area (Å²) in [5.41, 5.74) is 1.63. The molecule has 3 atom stereocenters. The van der Waals surface area contributed by atoms with Crippen LogP contribution in [0.5, 0.6) is 0 Å². The number of para-hydroxylation sites is 1. The van der Waals surface area contributed by atoms with Gasteiger partial charge in [0.2, 0.25) is 27.6 Å². The average molecular weight is 612 g/mol. The lowest BCUT2D eigenvalue weighted by atomic mass is 9.94. The van der Waals surface area contributed by atoms with E-state index < -0.39 is 39.8 Å². The summed E-state index contributed by atoms with van der Waals surface area (Å²) in [7, 11) is -3.65. The van der Waals surface area contributed by atoms with Gasteiger partial charge in [-0.15, -0.1) is 11.3 Å². The van der Waals surface area contributed by atoms with Crippen molar-refractivity contribution >= 4 is 60.8 Å². The summed E-state index contributed by atoms with van der Waals surface area (Å²) in [6, 6.07) is 10.3. The largest absolute Gasteiger partial charge is 0.356 e. The molecule has 1 fully saturated rings. The second kappa shape index (κ2) is 11.8. The molecule has 1 unspecified atom stereocenters. The fraction of sp³-hybridized carbons (Fsp3) is 0.414. The van der Waals surface area contributed by atoms with Gasteiger partial charge < -0.3 is 15.5 Å². The molecule has 3 N–H and O–H groups in total. The highest BCUT2D eigenvalue weighted by molar-refractivity contribution is 7.92. The number of benzene rings is 2. The van der Waals surface area contributed by atoms with Crippen LogP contribution in [-0.4, -0.2) is 66.7 Å². The Morgan fingerprint density at radius 2 is 1.90 bits per heavy atom. The first-order valence-corrected chi connectivity index (χ1v) is 16.5. The second-order valence-corrected chi connectivity index (χ2v) is 14.0. The Bertz CT molecular complexity index is 1630. The third-order valence-corrected chi connectivity index (χ3v) is 9.10. The van der Waals surface area contributed by atoms with Crippen molar-refractivity contribution < 1.29 is 27.6 Å². The number of ketones is 1. The average Bonchev–Trinajstić information content (AvgIpc) is 3.62. The van der Waals surface area contributed by atoms with Gasteiger partial charge in [0, 0.05) is 19.0 Å². The molecule has 3 heterocycles. The molecule has 2 aliphatic heterocycles. The first-order chi connectivity index (χ1) is 19.9. The maximum atomic E-state index is 14.0. The molecule has 5 rings (SSSR count). The van der Waals surface area contributed by atoms with E-state index in [0.29, 0.717) is 30.5 Å². The number of nitrogens with zero attached hydrogens (tertiary/aromatic N) is 2. The van der Waals surface area contributed by atoms with Crippen LogP contribution in [0, 0.1) is 11.8 Å². The van der Waals surface area contributed by atoms with E-state index in [1.165, 1.54) is 22.3 Å². The highest BCUT2D eigenvalue weighted by atomic mass is 32.2. The molecule has 2 aromatic carbocycles. The second-order valence-electron chi connectivity index (χ2n) is 11.2. The number of hydrogen-bond donors (Lipinski definition) is 3. The van der Waals surface area contributed by atoms with Gasteiger partial charge in [-0.2, -0.15) is 0 Å². The molecule has 0 saturated carbocycles. The molecule has 13 heteroatoms. The van der Waals surface area contributed by atoms with Crippen molar-refractivity contribution in [1.82, 2.24) is 20.5 Å². The molecule has 11 nitrogen and oxygen atoms in total. The number of fused-ring (bicyclic) bond motifs is 2. The number of nitrogens with one attached hydrogen (secondary N) is 3. The summed E-state index contributed by atoms with van der Waals surface area (Å²) in [5, 5.41) is 5.90. The van der Waals surface area contributed by atoms with Crippen LogP contribution in [0.1, 0.15) is 58.8 Å². The van der Waals surface area contributed by atoms with E-state index in [1.807, 2.05) is 38.1 Å². The summed E-state index contributed by atoms with van der Waals surface area (Å²) in [4.78, 5) is 59.8. The zero-order valence-electron chi connectivity index (χ0n) is 23.5. The maximum absolute atomic E-state index is 14.0. The first kappa shape index (κ1) is 29.6. The van der Waals surface area contributed by atoms with Crippen LogP contribution in [0.15, 0.2) is 42.5 Å². The van der Waals surface area contributed by atoms with Crippen molar-refractivity contribution in [3.63, 3.8) is 0 Å². The number of sulfonamides is 1. The van der Waals surface area contributed by atoms with Gasteiger partial charge in [0.25, 0.3) is 5.91 Å². The molecule has 2 aliphatic rings. The summed E-state index contributed by atoms with van der Waals surface area (Å²) in [6.07, 6.45) is 1.97. The van der Waals surface area contributed by atoms with Crippen LogP contribution in [-0.2, 0) is 26.2 Å². The molecule has 42 heavy (non-hydrogen) atoms. The van der Waals surface area contributed by atoms with Gasteiger partial charge in [0.1, 0.15) is 6.04 Å². The normalized spacial score (nSPS) is 18.2. The Morgan fingerprint density at radius 3 is 2.57 bits per heavy atom. The van der Waals surface area contributed by atoms with Crippen molar-refractivity contribution in [3.05, 3.63) is 58.6 Å². The highest BCUT2D eigenvalue weighted by Gasteiger charge is 2.40. The quantitative estimate of drug-likeness (QED) is 0.282. The fourth-order valence-corrected chi connectivity index (χ4v) is 7.05. The molecule has 0 spiro atoms. The molecule has 3 aromatic rings. The van der Waals surface area contributed by atoms with Crippen LogP contribution >= 0.6 is 11.3 Å².